The molecule has 0 saturated carbocycles. The lowest BCUT2D eigenvalue weighted by Crippen LogP contribution is -2.50. The first-order valence-corrected chi connectivity index (χ1v) is 6.85. The summed E-state index contributed by atoms with van der Waals surface area (Å²) in [6, 6.07) is 8.69. The van der Waals surface area contributed by atoms with Crippen LogP contribution in [0.1, 0.15) is 13.3 Å². The number of halogens is 1. The zero-order valence-electron chi connectivity index (χ0n) is 11.6. The predicted molar refractivity (Wildman–Crippen MR) is 74.6 cm³/mol. The van der Waals surface area contributed by atoms with Crippen LogP contribution < -0.4 is 4.90 Å². The highest BCUT2D eigenvalue weighted by Crippen LogP contribution is 2.20. The van der Waals surface area contributed by atoms with Gasteiger partial charge < -0.3 is 9.80 Å². The van der Waals surface area contributed by atoms with E-state index in [0.717, 1.165) is 0 Å². The minimum absolute atomic E-state index is 0.108. The Hall–Kier alpha value is -2.09. The molecule has 0 aliphatic carbocycles. The first kappa shape index (κ1) is 14.3. The monoisotopic (exact) mass is 275 g/mol. The zero-order valence-corrected chi connectivity index (χ0v) is 11.6. The van der Waals surface area contributed by atoms with Crippen LogP contribution in [0.15, 0.2) is 24.3 Å². The van der Waals surface area contributed by atoms with Crippen molar-refractivity contribution in [2.75, 3.05) is 31.1 Å². The number of nitrogens with zero attached hydrogens (tertiary/aromatic N) is 3. The van der Waals surface area contributed by atoms with Crippen molar-refractivity contribution >= 4 is 11.6 Å². The van der Waals surface area contributed by atoms with Crippen molar-refractivity contribution in [2.45, 2.75) is 13.3 Å². The van der Waals surface area contributed by atoms with E-state index in [1.54, 1.807) is 23.1 Å². The van der Waals surface area contributed by atoms with E-state index in [4.69, 9.17) is 5.26 Å². The molecule has 2 rings (SSSR count). The number of anilines is 1. The number of piperazine rings is 1. The molecule has 4 nitrogen and oxygen atoms in total. The van der Waals surface area contributed by atoms with E-state index in [-0.39, 0.29) is 11.7 Å². The Morgan fingerprint density at radius 2 is 2.00 bits per heavy atom. The molecule has 1 aromatic carbocycles. The number of benzene rings is 1. The lowest BCUT2D eigenvalue weighted by Gasteiger charge is -2.36. The maximum absolute atomic E-state index is 13.7. The highest BCUT2D eigenvalue weighted by atomic mass is 19.1. The van der Waals surface area contributed by atoms with Gasteiger partial charge in [-0.25, -0.2) is 4.39 Å². The molecule has 1 fully saturated rings. The number of carbonyl (C=O) groups is 1. The largest absolute Gasteiger partial charge is 0.366 e. The Bertz CT molecular complexity index is 518. The van der Waals surface area contributed by atoms with E-state index in [2.05, 4.69) is 0 Å². The van der Waals surface area contributed by atoms with E-state index in [1.165, 1.54) is 6.07 Å². The van der Waals surface area contributed by atoms with Crippen LogP contribution in [0.3, 0.4) is 0 Å². The van der Waals surface area contributed by atoms with Crippen molar-refractivity contribution in [3.8, 4) is 6.07 Å². The molecule has 0 radical (unpaired) electrons. The number of amides is 1. The molecule has 1 amide bonds. The standard InChI is InChI=1S/C15H18FN3O/c1-2-12(11-17)15(20)19-9-7-18(8-10-19)14-6-4-3-5-13(14)16/h3-6,12H,2,7-10H2,1H3. The van der Waals surface area contributed by atoms with Gasteiger partial charge in [-0.1, -0.05) is 19.1 Å². The Morgan fingerprint density at radius 1 is 1.35 bits per heavy atom. The summed E-state index contributed by atoms with van der Waals surface area (Å²) < 4.78 is 13.7. The molecular weight excluding hydrogens is 257 g/mol. The molecule has 106 valence electrons. The second kappa shape index (κ2) is 6.38. The minimum Gasteiger partial charge on any atom is -0.366 e. The Morgan fingerprint density at radius 3 is 2.55 bits per heavy atom. The topological polar surface area (TPSA) is 47.3 Å². The first-order valence-electron chi connectivity index (χ1n) is 6.85. The molecule has 1 heterocycles. The lowest BCUT2D eigenvalue weighted by atomic mass is 10.1. The van der Waals surface area contributed by atoms with Crippen LogP contribution in [0, 0.1) is 23.1 Å². The average molecular weight is 275 g/mol. The average Bonchev–Trinajstić information content (AvgIpc) is 2.49. The van der Waals surface area contributed by atoms with Crippen molar-refractivity contribution < 1.29 is 9.18 Å². The normalized spacial score (nSPS) is 16.6. The molecule has 0 aromatic heterocycles. The van der Waals surface area contributed by atoms with Crippen molar-refractivity contribution in [3.05, 3.63) is 30.1 Å². The number of para-hydroxylation sites is 1. The number of carbonyl (C=O) groups excluding carboxylic acids is 1. The summed E-state index contributed by atoms with van der Waals surface area (Å²) in [6.45, 7) is 4.08. The van der Waals surface area contributed by atoms with E-state index in [1.807, 2.05) is 17.9 Å². The second-order valence-corrected chi connectivity index (χ2v) is 4.85. The molecular formula is C15H18FN3O. The summed E-state index contributed by atoms with van der Waals surface area (Å²) in [4.78, 5) is 15.7. The summed E-state index contributed by atoms with van der Waals surface area (Å²) in [6.07, 6.45) is 0.531. The fourth-order valence-corrected chi connectivity index (χ4v) is 2.42. The van der Waals surface area contributed by atoms with Gasteiger partial charge in [0.15, 0.2) is 0 Å². The van der Waals surface area contributed by atoms with Gasteiger partial charge >= 0.3 is 0 Å². The summed E-state index contributed by atoms with van der Waals surface area (Å²) in [5.41, 5.74) is 0.576. The van der Waals surface area contributed by atoms with Gasteiger partial charge in [0.05, 0.1) is 11.8 Å². The predicted octanol–water partition coefficient (Wildman–Crippen LogP) is 2.02. The van der Waals surface area contributed by atoms with Gasteiger partial charge in [0.25, 0.3) is 0 Å². The van der Waals surface area contributed by atoms with E-state index < -0.39 is 5.92 Å². The van der Waals surface area contributed by atoms with Gasteiger partial charge in [-0.05, 0) is 18.6 Å². The summed E-state index contributed by atoms with van der Waals surface area (Å²) in [5, 5.41) is 8.94. The Labute approximate surface area is 118 Å². The summed E-state index contributed by atoms with van der Waals surface area (Å²) >= 11 is 0. The Kier molecular flexibility index (Phi) is 4.57. The summed E-state index contributed by atoms with van der Waals surface area (Å²) in [5.74, 6) is -0.908. The Balaban J connectivity index is 1.98. The van der Waals surface area contributed by atoms with Crippen LogP contribution in [0.2, 0.25) is 0 Å². The minimum atomic E-state index is -0.560. The molecule has 1 saturated heterocycles. The maximum atomic E-state index is 13.7. The van der Waals surface area contributed by atoms with Crippen LogP contribution in [-0.4, -0.2) is 37.0 Å². The molecule has 0 bridgehead atoms. The highest BCUT2D eigenvalue weighted by molar-refractivity contribution is 5.81. The molecule has 1 aromatic rings. The lowest BCUT2D eigenvalue weighted by molar-refractivity contribution is -0.134. The van der Waals surface area contributed by atoms with Crippen molar-refractivity contribution in [1.82, 2.24) is 4.90 Å². The van der Waals surface area contributed by atoms with Crippen molar-refractivity contribution in [2.24, 2.45) is 5.92 Å². The first-order chi connectivity index (χ1) is 9.67. The van der Waals surface area contributed by atoms with Gasteiger partial charge in [0.1, 0.15) is 11.7 Å². The quantitative estimate of drug-likeness (QED) is 0.848. The number of hydrogen-bond acceptors (Lipinski definition) is 3. The third kappa shape index (κ3) is 2.90. The third-order valence-corrected chi connectivity index (χ3v) is 3.65. The van der Waals surface area contributed by atoms with Crippen LogP contribution >= 0.6 is 0 Å². The zero-order chi connectivity index (χ0) is 14.5. The number of nitriles is 1. The van der Waals surface area contributed by atoms with Gasteiger partial charge in [-0.3, -0.25) is 4.79 Å². The third-order valence-electron chi connectivity index (χ3n) is 3.65. The van der Waals surface area contributed by atoms with Crippen LogP contribution in [-0.2, 0) is 4.79 Å². The van der Waals surface area contributed by atoms with Gasteiger partial charge in [-0.2, -0.15) is 5.26 Å². The molecule has 0 N–H and O–H groups in total. The fraction of sp³-hybridized carbons (Fsp3) is 0.467. The van der Waals surface area contributed by atoms with Crippen molar-refractivity contribution in [1.29, 1.82) is 5.26 Å². The molecule has 1 aliphatic heterocycles. The molecule has 0 spiro atoms. The van der Waals surface area contributed by atoms with Crippen LogP contribution in [0.5, 0.6) is 0 Å². The highest BCUT2D eigenvalue weighted by Gasteiger charge is 2.26. The summed E-state index contributed by atoms with van der Waals surface area (Å²) in [7, 11) is 0. The molecule has 1 aliphatic rings. The second-order valence-electron chi connectivity index (χ2n) is 4.85. The van der Waals surface area contributed by atoms with E-state index in [9.17, 15) is 9.18 Å². The van der Waals surface area contributed by atoms with Gasteiger partial charge in [0.2, 0.25) is 5.91 Å². The number of rotatable bonds is 3. The number of hydrogen-bond donors (Lipinski definition) is 0. The van der Waals surface area contributed by atoms with E-state index >= 15 is 0 Å². The van der Waals surface area contributed by atoms with Gasteiger partial charge in [0, 0.05) is 26.2 Å². The van der Waals surface area contributed by atoms with Gasteiger partial charge in [-0.15, -0.1) is 0 Å². The molecule has 1 atom stereocenters. The molecule has 5 heteroatoms. The van der Waals surface area contributed by atoms with Crippen LogP contribution in [0.4, 0.5) is 10.1 Å². The smallest absolute Gasteiger partial charge is 0.240 e. The molecule has 1 unspecified atom stereocenters. The van der Waals surface area contributed by atoms with E-state index in [0.29, 0.717) is 38.3 Å². The maximum Gasteiger partial charge on any atom is 0.240 e. The van der Waals surface area contributed by atoms with Crippen LogP contribution in [0.25, 0.3) is 0 Å². The SMILES string of the molecule is CCC(C#N)C(=O)N1CCN(c2ccccc2F)CC1. The fourth-order valence-electron chi connectivity index (χ4n) is 2.42. The molecule has 20 heavy (non-hydrogen) atoms. The van der Waals surface area contributed by atoms with Crippen molar-refractivity contribution in [3.63, 3.8) is 0 Å².